The maximum atomic E-state index is 13.2. The fourth-order valence-corrected chi connectivity index (χ4v) is 3.50. The van der Waals surface area contributed by atoms with Gasteiger partial charge in [-0.25, -0.2) is 13.1 Å². The minimum Gasteiger partial charge on any atom is -0.233 e. The van der Waals surface area contributed by atoms with Crippen LogP contribution in [0.1, 0.15) is 11.3 Å². The second kappa shape index (κ2) is 7.01. The van der Waals surface area contributed by atoms with Crippen LogP contribution in [0, 0.1) is 0 Å². The number of halogens is 4. The molecule has 0 bridgehead atoms. The van der Waals surface area contributed by atoms with E-state index in [4.69, 9.17) is 11.6 Å². The molecule has 3 aromatic rings. The Morgan fingerprint density at radius 2 is 1.63 bits per heavy atom. The van der Waals surface area contributed by atoms with Crippen LogP contribution >= 0.6 is 11.6 Å². The summed E-state index contributed by atoms with van der Waals surface area (Å²) >= 11 is 5.85. The number of sulfone groups is 1. The number of alkyl halides is 3. The molecule has 1 aromatic heterocycles. The largest absolute Gasteiger partial charge is 0.435 e. The quantitative estimate of drug-likeness (QED) is 0.618. The van der Waals surface area contributed by atoms with Crippen molar-refractivity contribution in [1.29, 1.82) is 0 Å². The number of hydrogen-bond donors (Lipinski definition) is 0. The van der Waals surface area contributed by atoms with Crippen molar-refractivity contribution in [2.75, 3.05) is 6.26 Å². The number of nitrogens with zero attached hydrogens (tertiary/aromatic N) is 2. The molecule has 3 rings (SSSR count). The molecule has 0 amide bonds. The summed E-state index contributed by atoms with van der Waals surface area (Å²) in [5, 5.41) is 4.16. The van der Waals surface area contributed by atoms with Crippen molar-refractivity contribution in [2.45, 2.75) is 11.9 Å². The molecule has 0 atom stereocenters. The van der Waals surface area contributed by atoms with Crippen molar-refractivity contribution in [3.8, 4) is 16.9 Å². The standard InChI is InChI=1S/C18H14ClF3N2O2S/c1-27(25,26)11-12-2-8-15(9-3-12)24-16(10-17(23-24)18(20,21)22)13-4-6-14(19)7-5-13/h2-10H,11H2,1H3. The maximum Gasteiger partial charge on any atom is 0.435 e. The lowest BCUT2D eigenvalue weighted by atomic mass is 10.1. The first-order valence-electron chi connectivity index (χ1n) is 7.73. The van der Waals surface area contributed by atoms with Crippen LogP contribution in [-0.4, -0.2) is 24.5 Å². The number of rotatable bonds is 4. The lowest BCUT2D eigenvalue weighted by molar-refractivity contribution is -0.141. The highest BCUT2D eigenvalue weighted by Gasteiger charge is 2.35. The van der Waals surface area contributed by atoms with Gasteiger partial charge in [0.05, 0.1) is 17.1 Å². The highest BCUT2D eigenvalue weighted by atomic mass is 35.5. The zero-order chi connectivity index (χ0) is 19.8. The molecule has 4 nitrogen and oxygen atoms in total. The molecule has 9 heteroatoms. The van der Waals surface area contributed by atoms with E-state index in [0.717, 1.165) is 12.3 Å². The molecule has 0 aliphatic rings. The summed E-state index contributed by atoms with van der Waals surface area (Å²) in [7, 11) is -3.21. The van der Waals surface area contributed by atoms with Crippen molar-refractivity contribution < 1.29 is 21.6 Å². The highest BCUT2D eigenvalue weighted by molar-refractivity contribution is 7.89. The smallest absolute Gasteiger partial charge is 0.233 e. The monoisotopic (exact) mass is 414 g/mol. The van der Waals surface area contributed by atoms with Crippen LogP contribution in [-0.2, 0) is 21.8 Å². The Balaban J connectivity index is 2.08. The third-order valence-electron chi connectivity index (χ3n) is 3.75. The Kier molecular flexibility index (Phi) is 5.05. The second-order valence-corrected chi connectivity index (χ2v) is 8.64. The second-order valence-electron chi connectivity index (χ2n) is 6.07. The molecule has 0 saturated heterocycles. The topological polar surface area (TPSA) is 52.0 Å². The third-order valence-corrected chi connectivity index (χ3v) is 4.86. The van der Waals surface area contributed by atoms with Crippen molar-refractivity contribution in [2.24, 2.45) is 0 Å². The first-order valence-corrected chi connectivity index (χ1v) is 10.2. The lowest BCUT2D eigenvalue weighted by Crippen LogP contribution is -2.07. The van der Waals surface area contributed by atoms with Crippen LogP contribution in [0.15, 0.2) is 54.6 Å². The number of hydrogen-bond acceptors (Lipinski definition) is 3. The lowest BCUT2D eigenvalue weighted by Gasteiger charge is -2.09. The zero-order valence-corrected chi connectivity index (χ0v) is 15.6. The Hall–Kier alpha value is -2.32. The summed E-state index contributed by atoms with van der Waals surface area (Å²) in [6.45, 7) is 0. The van der Waals surface area contributed by atoms with Crippen molar-refractivity contribution in [3.05, 3.63) is 70.9 Å². The predicted molar refractivity (Wildman–Crippen MR) is 97.6 cm³/mol. The molecule has 0 aliphatic carbocycles. The summed E-state index contributed by atoms with van der Waals surface area (Å²) in [6.07, 6.45) is -3.48. The predicted octanol–water partition coefficient (Wildman–Crippen LogP) is 4.76. The van der Waals surface area contributed by atoms with E-state index in [0.29, 0.717) is 21.8 Å². The number of aromatic nitrogens is 2. The van der Waals surface area contributed by atoms with Crippen molar-refractivity contribution in [1.82, 2.24) is 9.78 Å². The maximum absolute atomic E-state index is 13.2. The fraction of sp³-hybridized carbons (Fsp3) is 0.167. The minimum absolute atomic E-state index is 0.149. The van der Waals surface area contributed by atoms with E-state index in [1.807, 2.05) is 0 Å². The summed E-state index contributed by atoms with van der Waals surface area (Å²) in [5.41, 5.74) is 0.662. The Morgan fingerprint density at radius 3 is 2.15 bits per heavy atom. The summed E-state index contributed by atoms with van der Waals surface area (Å²) < 4.78 is 63.4. The summed E-state index contributed by atoms with van der Waals surface area (Å²) in [6, 6.07) is 13.5. The van der Waals surface area contributed by atoms with E-state index in [1.165, 1.54) is 16.8 Å². The molecule has 0 fully saturated rings. The average molecular weight is 415 g/mol. The summed E-state index contributed by atoms with van der Waals surface area (Å²) in [5.74, 6) is -0.149. The van der Waals surface area contributed by atoms with Crippen LogP contribution in [0.5, 0.6) is 0 Å². The van der Waals surface area contributed by atoms with Gasteiger partial charge in [-0.05, 0) is 35.9 Å². The van der Waals surface area contributed by atoms with Crippen molar-refractivity contribution in [3.63, 3.8) is 0 Å². The van der Waals surface area contributed by atoms with Crippen LogP contribution in [0.3, 0.4) is 0 Å². The molecular weight excluding hydrogens is 401 g/mol. The van der Waals surface area contributed by atoms with Gasteiger partial charge in [-0.15, -0.1) is 0 Å². The van der Waals surface area contributed by atoms with E-state index >= 15 is 0 Å². The first-order chi connectivity index (χ1) is 12.5. The van der Waals surface area contributed by atoms with Gasteiger partial charge in [0.1, 0.15) is 0 Å². The van der Waals surface area contributed by atoms with E-state index < -0.39 is 21.7 Å². The highest BCUT2D eigenvalue weighted by Crippen LogP contribution is 2.33. The molecule has 0 N–H and O–H groups in total. The van der Waals surface area contributed by atoms with Crippen LogP contribution in [0.2, 0.25) is 5.02 Å². The Labute approximate surface area is 159 Å². The molecule has 2 aromatic carbocycles. The molecular formula is C18H14ClF3N2O2S. The molecule has 0 radical (unpaired) electrons. The van der Waals surface area contributed by atoms with E-state index in [9.17, 15) is 21.6 Å². The van der Waals surface area contributed by atoms with Gasteiger partial charge in [0, 0.05) is 16.8 Å². The first kappa shape index (κ1) is 19.4. The van der Waals surface area contributed by atoms with Gasteiger partial charge >= 0.3 is 6.18 Å². The van der Waals surface area contributed by atoms with Gasteiger partial charge in [-0.3, -0.25) is 0 Å². The third kappa shape index (κ3) is 4.70. The van der Waals surface area contributed by atoms with Crippen LogP contribution < -0.4 is 0 Å². The normalized spacial score (nSPS) is 12.3. The van der Waals surface area contributed by atoms with Crippen LogP contribution in [0.4, 0.5) is 13.2 Å². The molecule has 1 heterocycles. The minimum atomic E-state index is -4.59. The summed E-state index contributed by atoms with van der Waals surface area (Å²) in [4.78, 5) is 0. The van der Waals surface area contributed by atoms with Gasteiger partial charge in [0.25, 0.3) is 0 Å². The van der Waals surface area contributed by atoms with E-state index in [1.54, 1.807) is 36.4 Å². The molecule has 0 unspecified atom stereocenters. The number of benzene rings is 2. The Bertz CT molecular complexity index is 1060. The van der Waals surface area contributed by atoms with Crippen molar-refractivity contribution >= 4 is 21.4 Å². The van der Waals surface area contributed by atoms with Crippen LogP contribution in [0.25, 0.3) is 16.9 Å². The molecule has 27 heavy (non-hydrogen) atoms. The zero-order valence-electron chi connectivity index (χ0n) is 14.0. The van der Waals surface area contributed by atoms with Gasteiger partial charge in [0.15, 0.2) is 15.5 Å². The average Bonchev–Trinajstić information content (AvgIpc) is 3.00. The molecule has 0 saturated carbocycles. The van der Waals surface area contributed by atoms with Gasteiger partial charge in [0.2, 0.25) is 0 Å². The van der Waals surface area contributed by atoms with Gasteiger partial charge < -0.3 is 0 Å². The molecule has 142 valence electrons. The van der Waals surface area contributed by atoms with Gasteiger partial charge in [-0.1, -0.05) is 35.9 Å². The fourth-order valence-electron chi connectivity index (χ4n) is 2.58. The van der Waals surface area contributed by atoms with E-state index in [-0.39, 0.29) is 11.4 Å². The van der Waals surface area contributed by atoms with E-state index in [2.05, 4.69) is 5.10 Å². The molecule has 0 spiro atoms. The van der Waals surface area contributed by atoms with Gasteiger partial charge in [-0.2, -0.15) is 18.3 Å². The Morgan fingerprint density at radius 1 is 1.04 bits per heavy atom. The SMILES string of the molecule is CS(=O)(=O)Cc1ccc(-n2nc(C(F)(F)F)cc2-c2ccc(Cl)cc2)cc1. The molecule has 0 aliphatic heterocycles.